The van der Waals surface area contributed by atoms with E-state index in [2.05, 4.69) is 21.1 Å². The molecule has 9 heteroatoms. The minimum Gasteiger partial charge on any atom is -0.497 e. The summed E-state index contributed by atoms with van der Waals surface area (Å²) in [6, 6.07) is 6.01. The monoisotopic (exact) mass is 466 g/mol. The summed E-state index contributed by atoms with van der Waals surface area (Å²) >= 11 is 0. The number of hydrogen-bond acceptors (Lipinski definition) is 7. The fourth-order valence-electron chi connectivity index (χ4n) is 4.90. The highest BCUT2D eigenvalue weighted by atomic mass is 16.5. The van der Waals surface area contributed by atoms with Crippen LogP contribution in [0.15, 0.2) is 30.6 Å². The predicted molar refractivity (Wildman–Crippen MR) is 127 cm³/mol. The average molecular weight is 467 g/mol. The van der Waals surface area contributed by atoms with Crippen LogP contribution in [0.1, 0.15) is 37.9 Å². The van der Waals surface area contributed by atoms with Crippen LogP contribution in [0.5, 0.6) is 5.75 Å². The van der Waals surface area contributed by atoms with E-state index in [1.54, 1.807) is 20.4 Å². The van der Waals surface area contributed by atoms with Crippen molar-refractivity contribution < 1.29 is 23.7 Å². The summed E-state index contributed by atoms with van der Waals surface area (Å²) in [4.78, 5) is 21.2. The molecule has 0 unspecified atom stereocenters. The van der Waals surface area contributed by atoms with Gasteiger partial charge in [0.05, 0.1) is 42.9 Å². The van der Waals surface area contributed by atoms with Crippen molar-refractivity contribution in [3.8, 4) is 17.0 Å². The average Bonchev–Trinajstić information content (AvgIpc) is 3.51. The molecule has 0 bridgehead atoms. The fourth-order valence-corrected chi connectivity index (χ4v) is 4.90. The number of rotatable bonds is 6. The lowest BCUT2D eigenvalue weighted by atomic mass is 9.89. The van der Waals surface area contributed by atoms with Crippen LogP contribution in [0.4, 0.5) is 5.82 Å². The molecule has 0 radical (unpaired) electrons. The smallest absolute Gasteiger partial charge is 0.222 e. The Morgan fingerprint density at radius 1 is 1.18 bits per heavy atom. The van der Waals surface area contributed by atoms with E-state index in [-0.39, 0.29) is 11.9 Å². The van der Waals surface area contributed by atoms with Gasteiger partial charge in [0, 0.05) is 76.0 Å². The van der Waals surface area contributed by atoms with Gasteiger partial charge < -0.3 is 28.8 Å². The molecule has 0 spiro atoms. The molecule has 0 aromatic carbocycles. The highest BCUT2D eigenvalue weighted by Crippen LogP contribution is 2.40. The van der Waals surface area contributed by atoms with Crippen molar-refractivity contribution in [3.63, 3.8) is 0 Å². The zero-order valence-electron chi connectivity index (χ0n) is 19.8. The Bertz CT molecular complexity index is 1200. The highest BCUT2D eigenvalue weighted by Gasteiger charge is 2.37. The van der Waals surface area contributed by atoms with E-state index in [1.807, 2.05) is 18.2 Å². The number of fused-ring (bicyclic) bond motifs is 1. The SMILES string of the molecule is COc1cc(-c2cn([C@@H]3CCOC3)c3cnc(NC(C)=O)cc23)nc(C2(OC)CCOCC2)c1. The van der Waals surface area contributed by atoms with Crippen LogP contribution in [0.3, 0.4) is 0 Å². The van der Waals surface area contributed by atoms with Gasteiger partial charge >= 0.3 is 0 Å². The van der Waals surface area contributed by atoms with E-state index >= 15 is 0 Å². The number of anilines is 1. The van der Waals surface area contributed by atoms with E-state index < -0.39 is 5.60 Å². The molecule has 1 amide bonds. The number of ether oxygens (including phenoxy) is 4. The lowest BCUT2D eigenvalue weighted by Gasteiger charge is -2.35. The number of nitrogens with one attached hydrogen (secondary N) is 1. The number of methoxy groups -OCH3 is 2. The summed E-state index contributed by atoms with van der Waals surface area (Å²) in [7, 11) is 3.38. The van der Waals surface area contributed by atoms with Gasteiger partial charge in [-0.25, -0.2) is 9.97 Å². The molecule has 1 atom stereocenters. The van der Waals surface area contributed by atoms with Gasteiger partial charge in [0.1, 0.15) is 17.2 Å². The summed E-state index contributed by atoms with van der Waals surface area (Å²) in [5.74, 6) is 1.05. The second-order valence-electron chi connectivity index (χ2n) is 8.82. The van der Waals surface area contributed by atoms with Gasteiger partial charge in [-0.1, -0.05) is 0 Å². The first-order chi connectivity index (χ1) is 16.5. The van der Waals surface area contributed by atoms with Crippen molar-refractivity contribution in [2.24, 2.45) is 0 Å². The van der Waals surface area contributed by atoms with E-state index in [1.165, 1.54) is 6.92 Å². The maximum Gasteiger partial charge on any atom is 0.222 e. The zero-order chi connectivity index (χ0) is 23.7. The molecule has 2 saturated heterocycles. The minimum absolute atomic E-state index is 0.166. The van der Waals surface area contributed by atoms with E-state index in [0.29, 0.717) is 31.4 Å². The van der Waals surface area contributed by atoms with Gasteiger partial charge in [-0.3, -0.25) is 4.79 Å². The van der Waals surface area contributed by atoms with Crippen LogP contribution in [0, 0.1) is 0 Å². The molecule has 5 rings (SSSR count). The van der Waals surface area contributed by atoms with Crippen LogP contribution >= 0.6 is 0 Å². The van der Waals surface area contributed by atoms with Crippen LogP contribution in [0.2, 0.25) is 0 Å². The first-order valence-electron chi connectivity index (χ1n) is 11.6. The van der Waals surface area contributed by atoms with Gasteiger partial charge in [-0.2, -0.15) is 0 Å². The lowest BCUT2D eigenvalue weighted by Crippen LogP contribution is -2.36. The van der Waals surface area contributed by atoms with Gasteiger partial charge in [-0.15, -0.1) is 0 Å². The lowest BCUT2D eigenvalue weighted by molar-refractivity contribution is -0.114. The number of pyridine rings is 2. The second kappa shape index (κ2) is 9.32. The third-order valence-electron chi connectivity index (χ3n) is 6.79. The van der Waals surface area contributed by atoms with E-state index in [0.717, 1.165) is 53.7 Å². The summed E-state index contributed by atoms with van der Waals surface area (Å²) in [6.45, 7) is 4.10. The molecule has 3 aromatic rings. The van der Waals surface area contributed by atoms with E-state index in [9.17, 15) is 4.79 Å². The van der Waals surface area contributed by atoms with E-state index in [4.69, 9.17) is 23.9 Å². The minimum atomic E-state index is -0.526. The highest BCUT2D eigenvalue weighted by molar-refractivity contribution is 5.98. The Balaban J connectivity index is 1.68. The third kappa shape index (κ3) is 4.15. The summed E-state index contributed by atoms with van der Waals surface area (Å²) in [5, 5.41) is 3.75. The largest absolute Gasteiger partial charge is 0.497 e. The fraction of sp³-hybridized carbons (Fsp3) is 0.480. The summed E-state index contributed by atoms with van der Waals surface area (Å²) in [6.07, 6.45) is 6.29. The number of amides is 1. The number of carbonyl (C=O) groups is 1. The molecule has 180 valence electrons. The number of aromatic nitrogens is 3. The normalized spacial score (nSPS) is 19.9. The maximum absolute atomic E-state index is 11.7. The number of nitrogens with zero attached hydrogens (tertiary/aromatic N) is 3. The second-order valence-corrected chi connectivity index (χ2v) is 8.82. The Labute approximate surface area is 198 Å². The van der Waals surface area contributed by atoms with Crippen molar-refractivity contribution in [3.05, 3.63) is 36.3 Å². The van der Waals surface area contributed by atoms with Crippen LogP contribution in [-0.2, 0) is 24.6 Å². The van der Waals surface area contributed by atoms with Gasteiger partial charge in [0.2, 0.25) is 5.91 Å². The van der Waals surface area contributed by atoms with Crippen molar-refractivity contribution >= 4 is 22.6 Å². The molecule has 1 N–H and O–H groups in total. The molecule has 2 aliphatic heterocycles. The quantitative estimate of drug-likeness (QED) is 0.592. The van der Waals surface area contributed by atoms with Crippen LogP contribution in [0.25, 0.3) is 22.2 Å². The molecule has 0 aliphatic carbocycles. The Morgan fingerprint density at radius 2 is 2.00 bits per heavy atom. The van der Waals surface area contributed by atoms with Crippen molar-refractivity contribution in [2.45, 2.75) is 37.8 Å². The molecule has 0 saturated carbocycles. The topological polar surface area (TPSA) is 96.7 Å². The Kier molecular flexibility index (Phi) is 6.24. The molecule has 9 nitrogen and oxygen atoms in total. The Morgan fingerprint density at radius 3 is 2.68 bits per heavy atom. The van der Waals surface area contributed by atoms with Crippen LogP contribution < -0.4 is 10.1 Å². The van der Waals surface area contributed by atoms with Gasteiger partial charge in [0.25, 0.3) is 0 Å². The standard InChI is InChI=1S/C25H30N4O5/c1-16(30)27-24-12-19-20(14-29(22(19)13-26-24)17-4-7-34-15-17)21-10-18(31-2)11-23(28-21)25(32-3)5-8-33-9-6-25/h10-14,17H,4-9,15H2,1-3H3,(H,26,27,30)/t17-/m1/s1. The van der Waals surface area contributed by atoms with Crippen LogP contribution in [-0.4, -0.2) is 61.1 Å². The number of hydrogen-bond donors (Lipinski definition) is 1. The van der Waals surface area contributed by atoms with Crippen molar-refractivity contribution in [1.29, 1.82) is 0 Å². The third-order valence-corrected chi connectivity index (χ3v) is 6.79. The molecule has 2 fully saturated rings. The summed E-state index contributed by atoms with van der Waals surface area (Å²) in [5.41, 5.74) is 2.99. The first kappa shape index (κ1) is 22.8. The molecule has 5 heterocycles. The Hall–Kier alpha value is -3.01. The summed E-state index contributed by atoms with van der Waals surface area (Å²) < 4.78 is 25.1. The molecule has 34 heavy (non-hydrogen) atoms. The zero-order valence-corrected chi connectivity index (χ0v) is 19.8. The first-order valence-corrected chi connectivity index (χ1v) is 11.6. The van der Waals surface area contributed by atoms with Crippen molar-refractivity contribution in [2.75, 3.05) is 46.0 Å². The number of carbonyl (C=O) groups excluding carboxylic acids is 1. The predicted octanol–water partition coefficient (Wildman–Crippen LogP) is 3.68. The molecule has 2 aliphatic rings. The van der Waals surface area contributed by atoms with Gasteiger partial charge in [-0.05, 0) is 12.5 Å². The molecule has 3 aromatic heterocycles. The van der Waals surface area contributed by atoms with Gasteiger partial charge in [0.15, 0.2) is 0 Å². The maximum atomic E-state index is 11.7. The molecular weight excluding hydrogens is 436 g/mol. The van der Waals surface area contributed by atoms with Crippen molar-refractivity contribution in [1.82, 2.24) is 14.5 Å². The molecular formula is C25H30N4O5.